The minimum atomic E-state index is -0.443. The molecule has 3 aromatic rings. The van der Waals surface area contributed by atoms with Crippen LogP contribution in [-0.2, 0) is 9.59 Å². The standard InChI is InChI=1S/C31H33NO3/c1-17-12-14-22(15-13-17)28-26-20(4)25(18(2)19(3)29(26)35-31(28,5)6)27-23(16-24(33)32-30(27)34)21-10-8-7-9-11-21/h7-15,23,27-28H,16H2,1-6H3,(H,32,33,34)/t23?,27-,28?/m1/s1. The second-order valence-corrected chi connectivity index (χ2v) is 10.7. The fourth-order valence-electron chi connectivity index (χ4n) is 6.22. The average Bonchev–Trinajstić information content (AvgIpc) is 3.11. The SMILES string of the molecule is Cc1ccc(C2c3c(C)c([C@@H]4C(=O)NC(=O)CC4c4ccccc4)c(C)c(C)c3OC2(C)C)cc1. The number of carbonyl (C=O) groups is 2. The van der Waals surface area contributed by atoms with Crippen LogP contribution in [-0.4, -0.2) is 17.4 Å². The molecule has 3 aromatic carbocycles. The van der Waals surface area contributed by atoms with Crippen molar-refractivity contribution in [3.63, 3.8) is 0 Å². The highest BCUT2D eigenvalue weighted by molar-refractivity contribution is 6.02. The maximum atomic E-state index is 13.5. The summed E-state index contributed by atoms with van der Waals surface area (Å²) in [6.07, 6.45) is 0.290. The van der Waals surface area contributed by atoms with Gasteiger partial charge in [-0.3, -0.25) is 14.9 Å². The van der Waals surface area contributed by atoms with Crippen LogP contribution in [0.2, 0.25) is 0 Å². The lowest BCUT2D eigenvalue weighted by Crippen LogP contribution is -2.44. The van der Waals surface area contributed by atoms with Gasteiger partial charge in [-0.1, -0.05) is 60.2 Å². The lowest BCUT2D eigenvalue weighted by Gasteiger charge is -2.34. The first-order chi connectivity index (χ1) is 16.6. The Morgan fingerprint density at radius 2 is 1.46 bits per heavy atom. The van der Waals surface area contributed by atoms with E-state index in [1.54, 1.807) is 0 Å². The van der Waals surface area contributed by atoms with Crippen molar-refractivity contribution in [1.82, 2.24) is 5.32 Å². The third-order valence-corrected chi connectivity index (χ3v) is 8.01. The van der Waals surface area contributed by atoms with Crippen LogP contribution >= 0.6 is 0 Å². The highest BCUT2D eigenvalue weighted by atomic mass is 16.5. The number of aryl methyl sites for hydroxylation is 1. The Labute approximate surface area is 207 Å². The van der Waals surface area contributed by atoms with E-state index in [0.717, 1.165) is 39.1 Å². The van der Waals surface area contributed by atoms with E-state index in [4.69, 9.17) is 4.74 Å². The quantitative estimate of drug-likeness (QED) is 0.471. The van der Waals surface area contributed by atoms with Crippen LogP contribution in [0, 0.1) is 27.7 Å². The van der Waals surface area contributed by atoms with E-state index >= 15 is 0 Å². The fraction of sp³-hybridized carbons (Fsp3) is 0.355. The number of piperidine rings is 1. The Morgan fingerprint density at radius 3 is 2.11 bits per heavy atom. The number of benzene rings is 3. The van der Waals surface area contributed by atoms with Crippen LogP contribution in [0.5, 0.6) is 5.75 Å². The predicted octanol–water partition coefficient (Wildman–Crippen LogP) is 6.14. The van der Waals surface area contributed by atoms with Crippen molar-refractivity contribution < 1.29 is 14.3 Å². The molecule has 3 atom stereocenters. The summed E-state index contributed by atoms with van der Waals surface area (Å²) >= 11 is 0. The number of hydrogen-bond acceptors (Lipinski definition) is 3. The van der Waals surface area contributed by atoms with Gasteiger partial charge in [0.25, 0.3) is 0 Å². The Hall–Kier alpha value is -3.40. The number of ether oxygens (including phenoxy) is 1. The predicted molar refractivity (Wildman–Crippen MR) is 138 cm³/mol. The summed E-state index contributed by atoms with van der Waals surface area (Å²) < 4.78 is 6.63. The smallest absolute Gasteiger partial charge is 0.234 e. The first kappa shape index (κ1) is 23.3. The zero-order valence-electron chi connectivity index (χ0n) is 21.4. The topological polar surface area (TPSA) is 55.4 Å². The summed E-state index contributed by atoms with van der Waals surface area (Å²) in [6.45, 7) is 12.7. The third-order valence-electron chi connectivity index (χ3n) is 8.01. The lowest BCUT2D eigenvalue weighted by molar-refractivity contribution is -0.135. The van der Waals surface area contributed by atoms with Gasteiger partial charge in [-0.25, -0.2) is 0 Å². The van der Waals surface area contributed by atoms with E-state index in [-0.39, 0.29) is 23.7 Å². The molecule has 0 aromatic heterocycles. The molecule has 0 aliphatic carbocycles. The van der Waals surface area contributed by atoms with E-state index in [0.29, 0.717) is 6.42 Å². The largest absolute Gasteiger partial charge is 0.486 e. The molecule has 180 valence electrons. The van der Waals surface area contributed by atoms with Crippen LogP contribution in [0.25, 0.3) is 0 Å². The van der Waals surface area contributed by atoms with Crippen LogP contribution in [0.15, 0.2) is 54.6 Å². The molecule has 5 rings (SSSR count). The number of fused-ring (bicyclic) bond motifs is 1. The molecule has 0 bridgehead atoms. The van der Waals surface area contributed by atoms with Crippen molar-refractivity contribution in [2.75, 3.05) is 0 Å². The van der Waals surface area contributed by atoms with E-state index in [1.165, 1.54) is 11.1 Å². The van der Waals surface area contributed by atoms with Gasteiger partial charge in [0.15, 0.2) is 0 Å². The summed E-state index contributed by atoms with van der Waals surface area (Å²) in [5.74, 6) is -0.106. The van der Waals surface area contributed by atoms with Crippen LogP contribution < -0.4 is 10.1 Å². The molecule has 0 radical (unpaired) electrons. The van der Waals surface area contributed by atoms with Gasteiger partial charge in [0.1, 0.15) is 11.4 Å². The first-order valence-electron chi connectivity index (χ1n) is 12.4. The molecule has 1 fully saturated rings. The number of imide groups is 1. The third kappa shape index (κ3) is 3.76. The molecule has 35 heavy (non-hydrogen) atoms. The van der Waals surface area contributed by atoms with Crippen molar-refractivity contribution in [1.29, 1.82) is 0 Å². The number of nitrogens with one attached hydrogen (secondary N) is 1. The van der Waals surface area contributed by atoms with E-state index in [9.17, 15) is 9.59 Å². The molecular formula is C31H33NO3. The van der Waals surface area contributed by atoms with Crippen molar-refractivity contribution in [3.05, 3.63) is 99.1 Å². The zero-order valence-corrected chi connectivity index (χ0v) is 21.4. The molecule has 4 nitrogen and oxygen atoms in total. The lowest BCUT2D eigenvalue weighted by atomic mass is 9.70. The Bertz CT molecular complexity index is 1320. The minimum absolute atomic E-state index is 0.0413. The first-order valence-corrected chi connectivity index (χ1v) is 12.4. The van der Waals surface area contributed by atoms with Gasteiger partial charge >= 0.3 is 0 Å². The zero-order chi connectivity index (χ0) is 25.1. The summed E-state index contributed by atoms with van der Waals surface area (Å²) in [7, 11) is 0. The number of amides is 2. The number of rotatable bonds is 3. The molecule has 4 heteroatoms. The second kappa shape index (κ2) is 8.37. The van der Waals surface area contributed by atoms with Gasteiger partial charge in [-0.15, -0.1) is 0 Å². The minimum Gasteiger partial charge on any atom is -0.486 e. The van der Waals surface area contributed by atoms with Crippen LogP contribution in [0.3, 0.4) is 0 Å². The number of hydrogen-bond donors (Lipinski definition) is 1. The van der Waals surface area contributed by atoms with Crippen molar-refractivity contribution in [3.8, 4) is 5.75 Å². The Balaban J connectivity index is 1.74. The number of carbonyl (C=O) groups excluding carboxylic acids is 2. The molecule has 2 unspecified atom stereocenters. The highest BCUT2D eigenvalue weighted by Gasteiger charge is 2.47. The molecular weight excluding hydrogens is 434 g/mol. The van der Waals surface area contributed by atoms with Gasteiger partial charge in [-0.05, 0) is 74.9 Å². The van der Waals surface area contributed by atoms with Gasteiger partial charge in [-0.2, -0.15) is 0 Å². The molecule has 0 spiro atoms. The monoisotopic (exact) mass is 467 g/mol. The second-order valence-electron chi connectivity index (χ2n) is 10.7. The van der Waals surface area contributed by atoms with Gasteiger partial charge < -0.3 is 4.74 Å². The maximum absolute atomic E-state index is 13.5. The molecule has 2 heterocycles. The summed E-state index contributed by atoms with van der Waals surface area (Å²) in [5, 5.41) is 2.63. The van der Waals surface area contributed by atoms with Gasteiger partial charge in [0, 0.05) is 17.9 Å². The van der Waals surface area contributed by atoms with Crippen molar-refractivity contribution >= 4 is 11.8 Å². The van der Waals surface area contributed by atoms with Gasteiger partial charge in [0.2, 0.25) is 11.8 Å². The van der Waals surface area contributed by atoms with E-state index in [2.05, 4.69) is 71.1 Å². The molecule has 2 aliphatic heterocycles. The summed E-state index contributed by atoms with van der Waals surface area (Å²) in [6, 6.07) is 18.6. The molecule has 0 saturated carbocycles. The normalized spacial score (nSPS) is 23.0. The van der Waals surface area contributed by atoms with Gasteiger partial charge in [0.05, 0.1) is 11.8 Å². The van der Waals surface area contributed by atoms with E-state index in [1.807, 2.05) is 30.3 Å². The summed E-state index contributed by atoms with van der Waals surface area (Å²) in [5.41, 5.74) is 8.43. The van der Waals surface area contributed by atoms with Crippen LogP contribution in [0.4, 0.5) is 0 Å². The van der Waals surface area contributed by atoms with Crippen LogP contribution in [0.1, 0.15) is 82.5 Å². The highest BCUT2D eigenvalue weighted by Crippen LogP contribution is 2.54. The maximum Gasteiger partial charge on any atom is 0.234 e. The Morgan fingerprint density at radius 1 is 0.800 bits per heavy atom. The molecule has 2 aliphatic rings. The molecule has 1 saturated heterocycles. The molecule has 2 amide bonds. The van der Waals surface area contributed by atoms with Crippen molar-refractivity contribution in [2.24, 2.45) is 0 Å². The molecule has 1 N–H and O–H groups in total. The average molecular weight is 468 g/mol. The van der Waals surface area contributed by atoms with E-state index < -0.39 is 11.5 Å². The van der Waals surface area contributed by atoms with Crippen molar-refractivity contribution in [2.45, 2.75) is 71.3 Å². The fourth-order valence-corrected chi connectivity index (χ4v) is 6.22. The Kier molecular flexibility index (Phi) is 5.58. The summed E-state index contributed by atoms with van der Waals surface area (Å²) in [4.78, 5) is 25.9.